The first-order valence-corrected chi connectivity index (χ1v) is 8.91. The van der Waals surface area contributed by atoms with Crippen molar-refractivity contribution in [2.75, 3.05) is 20.1 Å². The lowest BCUT2D eigenvalue weighted by atomic mass is 10.1. The zero-order valence-electron chi connectivity index (χ0n) is 12.3. The van der Waals surface area contributed by atoms with E-state index in [1.807, 2.05) is 16.1 Å². The number of rotatable bonds is 4. The quantitative estimate of drug-likeness (QED) is 0.879. The molecule has 0 unspecified atom stereocenters. The van der Waals surface area contributed by atoms with Crippen molar-refractivity contribution in [3.05, 3.63) is 32.7 Å². The van der Waals surface area contributed by atoms with Gasteiger partial charge in [0.15, 0.2) is 5.69 Å². The number of amides is 1. The molecule has 1 saturated heterocycles. The van der Waals surface area contributed by atoms with Crippen molar-refractivity contribution in [1.82, 2.24) is 25.2 Å². The molecule has 2 aromatic heterocycles. The maximum absolute atomic E-state index is 12.4. The van der Waals surface area contributed by atoms with Crippen molar-refractivity contribution >= 4 is 33.2 Å². The fourth-order valence-electron chi connectivity index (χ4n) is 2.59. The summed E-state index contributed by atoms with van der Waals surface area (Å²) in [6.07, 6.45) is 3.82. The summed E-state index contributed by atoms with van der Waals surface area (Å²) in [6, 6.07) is 2.37. The van der Waals surface area contributed by atoms with Crippen LogP contribution in [0.3, 0.4) is 0 Å². The number of halogens is 1. The van der Waals surface area contributed by atoms with Gasteiger partial charge in [0.25, 0.3) is 5.91 Å². The van der Waals surface area contributed by atoms with Crippen LogP contribution in [0, 0.1) is 0 Å². The number of thiophene rings is 1. The van der Waals surface area contributed by atoms with E-state index >= 15 is 0 Å². The van der Waals surface area contributed by atoms with Gasteiger partial charge in [0.05, 0.1) is 16.0 Å². The second kappa shape index (κ2) is 6.89. The molecule has 1 aliphatic heterocycles. The molecule has 1 aliphatic rings. The molecule has 0 bridgehead atoms. The molecule has 1 fully saturated rings. The minimum absolute atomic E-state index is 0.0949. The van der Waals surface area contributed by atoms with Crippen LogP contribution in [-0.4, -0.2) is 45.9 Å². The predicted molar refractivity (Wildman–Crippen MR) is 89.0 cm³/mol. The Kier molecular flexibility index (Phi) is 4.90. The van der Waals surface area contributed by atoms with Crippen LogP contribution in [-0.2, 0) is 6.54 Å². The van der Waals surface area contributed by atoms with Crippen LogP contribution in [0.5, 0.6) is 0 Å². The molecular weight excluding hydrogens is 366 g/mol. The topological polar surface area (TPSA) is 63.1 Å². The van der Waals surface area contributed by atoms with E-state index in [0.717, 1.165) is 35.3 Å². The van der Waals surface area contributed by atoms with E-state index in [1.54, 1.807) is 29.5 Å². The Morgan fingerprint density at radius 2 is 2.32 bits per heavy atom. The van der Waals surface area contributed by atoms with E-state index in [1.165, 1.54) is 0 Å². The number of aromatic nitrogens is 3. The van der Waals surface area contributed by atoms with Crippen molar-refractivity contribution in [3.8, 4) is 0 Å². The van der Waals surface area contributed by atoms with Crippen LogP contribution in [0.2, 0.25) is 0 Å². The highest BCUT2D eigenvalue weighted by molar-refractivity contribution is 9.11. The van der Waals surface area contributed by atoms with Crippen molar-refractivity contribution in [2.45, 2.75) is 25.4 Å². The van der Waals surface area contributed by atoms with Crippen molar-refractivity contribution in [2.24, 2.45) is 0 Å². The van der Waals surface area contributed by atoms with E-state index in [4.69, 9.17) is 0 Å². The second-order valence-electron chi connectivity index (χ2n) is 5.49. The van der Waals surface area contributed by atoms with Crippen LogP contribution < -0.4 is 5.32 Å². The number of hydrogen-bond acceptors (Lipinski definition) is 5. The van der Waals surface area contributed by atoms with E-state index in [-0.39, 0.29) is 5.91 Å². The average molecular weight is 384 g/mol. The highest BCUT2D eigenvalue weighted by atomic mass is 79.9. The molecule has 22 heavy (non-hydrogen) atoms. The first-order chi connectivity index (χ1) is 10.6. The summed E-state index contributed by atoms with van der Waals surface area (Å²) < 4.78 is 2.91. The van der Waals surface area contributed by atoms with Crippen LogP contribution in [0.4, 0.5) is 0 Å². The van der Waals surface area contributed by atoms with Gasteiger partial charge in [-0.05, 0) is 58.9 Å². The lowest BCUT2D eigenvalue weighted by molar-refractivity contribution is 0.0779. The summed E-state index contributed by atoms with van der Waals surface area (Å²) in [6.45, 7) is 2.54. The smallest absolute Gasteiger partial charge is 0.276 e. The molecule has 0 saturated carbocycles. The zero-order chi connectivity index (χ0) is 15.5. The minimum atomic E-state index is -0.0949. The summed E-state index contributed by atoms with van der Waals surface area (Å²) in [5.41, 5.74) is 1.52. The highest BCUT2D eigenvalue weighted by Crippen LogP contribution is 2.22. The highest BCUT2D eigenvalue weighted by Gasteiger charge is 2.20. The standard InChI is InChI=1S/C14H18BrN5OS/c1-19(7-10-6-13(15)22-9-10)14(21)12-8-20(18-17-12)11-2-4-16-5-3-11/h6,8-9,11,16H,2-5,7H2,1H3. The number of hydrogen-bond donors (Lipinski definition) is 1. The largest absolute Gasteiger partial charge is 0.336 e. The minimum Gasteiger partial charge on any atom is -0.336 e. The third-order valence-corrected chi connectivity index (χ3v) is 5.35. The van der Waals surface area contributed by atoms with Crippen LogP contribution in [0.15, 0.2) is 21.4 Å². The molecule has 0 spiro atoms. The molecule has 2 aromatic rings. The van der Waals surface area contributed by atoms with Gasteiger partial charge in [0.1, 0.15) is 0 Å². The molecule has 1 amide bonds. The number of carbonyl (C=O) groups excluding carboxylic acids is 1. The summed E-state index contributed by atoms with van der Waals surface area (Å²) in [5.74, 6) is -0.0949. The number of carbonyl (C=O) groups is 1. The van der Waals surface area contributed by atoms with Crippen molar-refractivity contribution in [3.63, 3.8) is 0 Å². The molecule has 0 aromatic carbocycles. The molecule has 8 heteroatoms. The number of nitrogens with one attached hydrogen (secondary N) is 1. The fraction of sp³-hybridized carbons (Fsp3) is 0.500. The summed E-state index contributed by atoms with van der Waals surface area (Å²) in [7, 11) is 1.79. The lowest BCUT2D eigenvalue weighted by Crippen LogP contribution is -2.29. The normalized spacial score (nSPS) is 15.9. The third-order valence-electron chi connectivity index (χ3n) is 3.80. The zero-order valence-corrected chi connectivity index (χ0v) is 14.7. The Morgan fingerprint density at radius 3 is 3.00 bits per heavy atom. The molecule has 0 radical (unpaired) electrons. The third kappa shape index (κ3) is 3.56. The maximum atomic E-state index is 12.4. The van der Waals surface area contributed by atoms with E-state index in [0.29, 0.717) is 18.3 Å². The van der Waals surface area contributed by atoms with Crippen LogP contribution >= 0.6 is 27.3 Å². The predicted octanol–water partition coefficient (Wildman–Crippen LogP) is 2.30. The van der Waals surface area contributed by atoms with Gasteiger partial charge in [-0.1, -0.05) is 5.21 Å². The monoisotopic (exact) mass is 383 g/mol. The van der Waals surface area contributed by atoms with Gasteiger partial charge in [-0.3, -0.25) is 4.79 Å². The Labute approximate surface area is 141 Å². The fourth-order valence-corrected chi connectivity index (χ4v) is 3.79. The lowest BCUT2D eigenvalue weighted by Gasteiger charge is -2.22. The van der Waals surface area contributed by atoms with E-state index < -0.39 is 0 Å². The van der Waals surface area contributed by atoms with Gasteiger partial charge in [0, 0.05) is 13.6 Å². The van der Waals surface area contributed by atoms with E-state index in [9.17, 15) is 4.79 Å². The van der Waals surface area contributed by atoms with Gasteiger partial charge in [-0.2, -0.15) is 0 Å². The van der Waals surface area contributed by atoms with Gasteiger partial charge >= 0.3 is 0 Å². The molecule has 3 rings (SSSR count). The van der Waals surface area contributed by atoms with Gasteiger partial charge in [-0.15, -0.1) is 16.4 Å². The van der Waals surface area contributed by atoms with Crippen molar-refractivity contribution in [1.29, 1.82) is 0 Å². The molecule has 0 aliphatic carbocycles. The Hall–Kier alpha value is -1.25. The molecular formula is C14H18BrN5OS. The molecule has 1 N–H and O–H groups in total. The first-order valence-electron chi connectivity index (χ1n) is 7.24. The SMILES string of the molecule is CN(Cc1csc(Br)c1)C(=O)c1cn(C2CCNCC2)nn1. The molecule has 6 nitrogen and oxygen atoms in total. The van der Waals surface area contributed by atoms with E-state index in [2.05, 4.69) is 31.6 Å². The van der Waals surface area contributed by atoms with Gasteiger partial charge < -0.3 is 10.2 Å². The van der Waals surface area contributed by atoms with Crippen molar-refractivity contribution < 1.29 is 4.79 Å². The van der Waals surface area contributed by atoms with Crippen LogP contribution in [0.25, 0.3) is 0 Å². The Balaban J connectivity index is 1.65. The first kappa shape index (κ1) is 15.6. The van der Waals surface area contributed by atoms with Gasteiger partial charge in [-0.25, -0.2) is 4.68 Å². The average Bonchev–Trinajstić information content (AvgIpc) is 3.17. The van der Waals surface area contributed by atoms with Gasteiger partial charge in [0.2, 0.25) is 0 Å². The van der Waals surface area contributed by atoms with Crippen LogP contribution in [0.1, 0.15) is 34.9 Å². The summed E-state index contributed by atoms with van der Waals surface area (Å²) >= 11 is 5.05. The second-order valence-corrected chi connectivity index (χ2v) is 7.78. The molecule has 118 valence electrons. The molecule has 0 atom stereocenters. The molecule has 3 heterocycles. The Bertz CT molecular complexity index is 649. The Morgan fingerprint density at radius 1 is 1.55 bits per heavy atom. The summed E-state index contributed by atoms with van der Waals surface area (Å²) in [5, 5.41) is 13.6. The number of nitrogens with zero attached hydrogens (tertiary/aromatic N) is 4. The number of piperidine rings is 1. The maximum Gasteiger partial charge on any atom is 0.276 e. The summed E-state index contributed by atoms with van der Waals surface area (Å²) in [4.78, 5) is 14.1.